The summed E-state index contributed by atoms with van der Waals surface area (Å²) in [4.78, 5) is 24.0. The Morgan fingerprint density at radius 3 is 2.19 bits per heavy atom. The summed E-state index contributed by atoms with van der Waals surface area (Å²) in [7, 11) is 0. The number of nitrogens with two attached hydrogens (primary N) is 2. The summed E-state index contributed by atoms with van der Waals surface area (Å²) < 4.78 is 5.72. The third-order valence-corrected chi connectivity index (χ3v) is 4.36. The zero-order valence-electron chi connectivity index (χ0n) is 14.5. The van der Waals surface area contributed by atoms with Crippen LogP contribution in [0.5, 0.6) is 11.5 Å². The first-order chi connectivity index (χ1) is 13.0. The van der Waals surface area contributed by atoms with Crippen molar-refractivity contribution < 1.29 is 9.53 Å². The average Bonchev–Trinajstić information content (AvgIpc) is 2.63. The Hall–Kier alpha value is -3.33. The van der Waals surface area contributed by atoms with Gasteiger partial charge in [-0.2, -0.15) is 15.0 Å². The number of amides is 1. The third kappa shape index (κ3) is 5.32. The number of hydrogen-bond donors (Lipinski definition) is 3. The number of aromatic nitrogens is 3. The van der Waals surface area contributed by atoms with E-state index >= 15 is 0 Å². The monoisotopic (exact) mass is 382 g/mol. The minimum absolute atomic E-state index is 0.0200. The molecule has 27 heavy (non-hydrogen) atoms. The molecule has 0 unspecified atom stereocenters. The Morgan fingerprint density at radius 1 is 0.963 bits per heavy atom. The lowest BCUT2D eigenvalue weighted by Gasteiger charge is -2.12. The summed E-state index contributed by atoms with van der Waals surface area (Å²) in [5, 5.41) is 2.68. The van der Waals surface area contributed by atoms with Crippen LogP contribution in [0.1, 0.15) is 6.92 Å². The number of rotatable bonds is 6. The van der Waals surface area contributed by atoms with Crippen molar-refractivity contribution in [1.29, 1.82) is 0 Å². The highest BCUT2D eigenvalue weighted by Gasteiger charge is 2.17. The Kier molecular flexibility index (Phi) is 5.72. The number of thioether (sulfide) groups is 1. The van der Waals surface area contributed by atoms with Gasteiger partial charge in [-0.15, -0.1) is 0 Å². The second-order valence-corrected chi connectivity index (χ2v) is 6.83. The van der Waals surface area contributed by atoms with E-state index in [1.54, 1.807) is 31.2 Å². The molecule has 1 amide bonds. The Bertz CT molecular complexity index is 901. The van der Waals surface area contributed by atoms with E-state index in [1.807, 2.05) is 30.3 Å². The molecule has 8 nitrogen and oxygen atoms in total. The minimum atomic E-state index is -0.452. The van der Waals surface area contributed by atoms with Gasteiger partial charge in [0, 0.05) is 5.69 Å². The van der Waals surface area contributed by atoms with Crippen molar-refractivity contribution in [3.63, 3.8) is 0 Å². The average molecular weight is 382 g/mol. The second-order valence-electron chi connectivity index (χ2n) is 5.52. The van der Waals surface area contributed by atoms with E-state index in [-0.39, 0.29) is 17.8 Å². The molecule has 138 valence electrons. The molecule has 0 saturated carbocycles. The van der Waals surface area contributed by atoms with Crippen molar-refractivity contribution in [2.24, 2.45) is 0 Å². The minimum Gasteiger partial charge on any atom is -0.457 e. The number of para-hydroxylation sites is 1. The molecule has 5 N–H and O–H groups in total. The van der Waals surface area contributed by atoms with E-state index in [4.69, 9.17) is 16.2 Å². The summed E-state index contributed by atoms with van der Waals surface area (Å²) in [5.41, 5.74) is 11.7. The number of hydrogen-bond acceptors (Lipinski definition) is 8. The molecule has 1 aromatic heterocycles. The number of benzene rings is 2. The topological polar surface area (TPSA) is 129 Å². The van der Waals surface area contributed by atoms with Crippen LogP contribution in [0.2, 0.25) is 0 Å². The van der Waals surface area contributed by atoms with Gasteiger partial charge in [0.15, 0.2) is 5.16 Å². The van der Waals surface area contributed by atoms with E-state index < -0.39 is 5.25 Å². The Morgan fingerprint density at radius 2 is 1.56 bits per heavy atom. The van der Waals surface area contributed by atoms with Gasteiger partial charge in [0.1, 0.15) is 11.5 Å². The van der Waals surface area contributed by atoms with E-state index in [2.05, 4.69) is 20.3 Å². The number of anilines is 3. The van der Waals surface area contributed by atoms with Crippen LogP contribution in [0.25, 0.3) is 0 Å². The third-order valence-electron chi connectivity index (χ3n) is 3.40. The summed E-state index contributed by atoms with van der Waals surface area (Å²) in [6, 6.07) is 16.6. The van der Waals surface area contributed by atoms with E-state index in [0.717, 1.165) is 17.5 Å². The van der Waals surface area contributed by atoms with Crippen LogP contribution < -0.4 is 21.5 Å². The first-order valence-corrected chi connectivity index (χ1v) is 8.95. The van der Waals surface area contributed by atoms with E-state index in [0.29, 0.717) is 16.6 Å². The van der Waals surface area contributed by atoms with Gasteiger partial charge in [0.25, 0.3) is 0 Å². The number of nitrogen functional groups attached to an aromatic ring is 2. The number of carbonyl (C=O) groups excluding carboxylic acids is 1. The van der Waals surface area contributed by atoms with Crippen molar-refractivity contribution in [3.8, 4) is 11.5 Å². The maximum Gasteiger partial charge on any atom is 0.237 e. The Balaban J connectivity index is 1.58. The number of ether oxygens (including phenoxy) is 1. The lowest BCUT2D eigenvalue weighted by atomic mass is 10.3. The van der Waals surface area contributed by atoms with Gasteiger partial charge in [-0.3, -0.25) is 4.79 Å². The fourth-order valence-corrected chi connectivity index (χ4v) is 2.90. The van der Waals surface area contributed by atoms with E-state index in [1.165, 1.54) is 0 Å². The highest BCUT2D eigenvalue weighted by molar-refractivity contribution is 8.00. The molecule has 0 aliphatic rings. The fraction of sp³-hybridized carbons (Fsp3) is 0.111. The smallest absolute Gasteiger partial charge is 0.237 e. The molecule has 2 aromatic carbocycles. The molecule has 0 spiro atoms. The molecule has 0 aliphatic heterocycles. The summed E-state index contributed by atoms with van der Waals surface area (Å²) in [5.74, 6) is 1.26. The van der Waals surface area contributed by atoms with Gasteiger partial charge in [-0.1, -0.05) is 30.0 Å². The highest BCUT2D eigenvalue weighted by Crippen LogP contribution is 2.24. The van der Waals surface area contributed by atoms with Gasteiger partial charge in [0.05, 0.1) is 5.25 Å². The molecule has 0 saturated heterocycles. The van der Waals surface area contributed by atoms with Crippen LogP contribution in [-0.4, -0.2) is 26.1 Å². The van der Waals surface area contributed by atoms with Crippen LogP contribution in [0.3, 0.4) is 0 Å². The summed E-state index contributed by atoms with van der Waals surface area (Å²) >= 11 is 1.15. The van der Waals surface area contributed by atoms with Crippen molar-refractivity contribution in [2.45, 2.75) is 17.3 Å². The van der Waals surface area contributed by atoms with Crippen molar-refractivity contribution in [3.05, 3.63) is 54.6 Å². The van der Waals surface area contributed by atoms with Crippen molar-refractivity contribution in [1.82, 2.24) is 15.0 Å². The van der Waals surface area contributed by atoms with E-state index in [9.17, 15) is 4.79 Å². The number of carbonyl (C=O) groups is 1. The van der Waals surface area contributed by atoms with Crippen LogP contribution >= 0.6 is 11.8 Å². The summed E-state index contributed by atoms with van der Waals surface area (Å²) in [6.07, 6.45) is 0. The Labute approximate surface area is 160 Å². The maximum absolute atomic E-state index is 12.4. The fourth-order valence-electron chi connectivity index (χ4n) is 2.13. The molecule has 9 heteroatoms. The molecule has 0 radical (unpaired) electrons. The molecule has 0 fully saturated rings. The standard InChI is InChI=1S/C18H18N6O2S/c1-11(27-18-23-16(19)22-17(20)24-18)15(25)21-12-7-9-14(10-8-12)26-13-5-3-2-4-6-13/h2-11H,1H3,(H,21,25)(H4,19,20,22,23,24)/t11-/m1/s1. The van der Waals surface area contributed by atoms with Crippen LogP contribution in [0.15, 0.2) is 59.8 Å². The first kappa shape index (κ1) is 18.5. The van der Waals surface area contributed by atoms with Crippen molar-refractivity contribution in [2.75, 3.05) is 16.8 Å². The van der Waals surface area contributed by atoms with Gasteiger partial charge >= 0.3 is 0 Å². The highest BCUT2D eigenvalue weighted by atomic mass is 32.2. The zero-order chi connectivity index (χ0) is 19.2. The molecule has 1 heterocycles. The number of nitrogens with zero attached hydrogens (tertiary/aromatic N) is 3. The SMILES string of the molecule is C[C@@H](Sc1nc(N)nc(N)n1)C(=O)Nc1ccc(Oc2ccccc2)cc1. The molecule has 0 bridgehead atoms. The maximum atomic E-state index is 12.4. The quantitative estimate of drug-likeness (QED) is 0.555. The molecular weight excluding hydrogens is 364 g/mol. The van der Waals surface area contributed by atoms with Gasteiger partial charge in [-0.25, -0.2) is 0 Å². The molecule has 3 aromatic rings. The van der Waals surface area contributed by atoms with Gasteiger partial charge in [-0.05, 0) is 43.3 Å². The molecule has 0 aliphatic carbocycles. The zero-order valence-corrected chi connectivity index (χ0v) is 15.3. The second kappa shape index (κ2) is 8.37. The van der Waals surface area contributed by atoms with Crippen LogP contribution in [0, 0.1) is 0 Å². The first-order valence-electron chi connectivity index (χ1n) is 8.07. The van der Waals surface area contributed by atoms with Gasteiger partial charge < -0.3 is 21.5 Å². The van der Waals surface area contributed by atoms with Gasteiger partial charge in [0.2, 0.25) is 17.8 Å². The predicted octanol–water partition coefficient (Wildman–Crippen LogP) is 2.95. The molecular formula is C18H18N6O2S. The predicted molar refractivity (Wildman–Crippen MR) is 106 cm³/mol. The van der Waals surface area contributed by atoms with Crippen molar-refractivity contribution >= 4 is 35.3 Å². The van der Waals surface area contributed by atoms with Crippen LogP contribution in [-0.2, 0) is 4.79 Å². The normalized spacial score (nSPS) is 11.6. The number of nitrogens with one attached hydrogen (secondary N) is 1. The lowest BCUT2D eigenvalue weighted by Crippen LogP contribution is -2.22. The molecule has 1 atom stereocenters. The lowest BCUT2D eigenvalue weighted by molar-refractivity contribution is -0.115. The summed E-state index contributed by atoms with van der Waals surface area (Å²) in [6.45, 7) is 1.74. The largest absolute Gasteiger partial charge is 0.457 e. The molecule has 3 rings (SSSR count). The van der Waals surface area contributed by atoms with Crippen LogP contribution in [0.4, 0.5) is 17.6 Å².